The van der Waals surface area contributed by atoms with E-state index in [9.17, 15) is 4.79 Å². The Hall–Kier alpha value is -1.39. The summed E-state index contributed by atoms with van der Waals surface area (Å²) in [7, 11) is 0. The number of primary amides is 1. The number of hydrogen-bond acceptors (Lipinski definition) is 3. The van der Waals surface area contributed by atoms with Crippen molar-refractivity contribution < 1.29 is 9.53 Å². The van der Waals surface area contributed by atoms with Crippen LogP contribution in [0.15, 0.2) is 24.3 Å². The van der Waals surface area contributed by atoms with E-state index in [0.717, 1.165) is 37.9 Å². The summed E-state index contributed by atoms with van der Waals surface area (Å²) >= 11 is 0. The molecule has 3 N–H and O–H groups in total. The summed E-state index contributed by atoms with van der Waals surface area (Å²) in [4.78, 5) is 12.0. The maximum atomic E-state index is 12.0. The van der Waals surface area contributed by atoms with Crippen molar-refractivity contribution in [1.29, 1.82) is 0 Å². The minimum absolute atomic E-state index is 0.212. The minimum Gasteiger partial charge on any atom is -0.377 e. The minimum atomic E-state index is -0.706. The van der Waals surface area contributed by atoms with Gasteiger partial charge in [0.15, 0.2) is 0 Å². The number of carbonyl (C=O) groups excluding carboxylic acids is 1. The highest BCUT2D eigenvalue weighted by Crippen LogP contribution is 2.36. The molecule has 1 heterocycles. The van der Waals surface area contributed by atoms with Gasteiger partial charge in [0.25, 0.3) is 0 Å². The van der Waals surface area contributed by atoms with E-state index in [1.807, 2.05) is 18.2 Å². The van der Waals surface area contributed by atoms with E-state index >= 15 is 0 Å². The van der Waals surface area contributed by atoms with Crippen LogP contribution in [0.5, 0.6) is 0 Å². The Labute approximate surface area is 113 Å². The van der Waals surface area contributed by atoms with Gasteiger partial charge >= 0.3 is 0 Å². The van der Waals surface area contributed by atoms with Gasteiger partial charge in [-0.3, -0.25) is 10.1 Å². The van der Waals surface area contributed by atoms with E-state index in [1.54, 1.807) is 0 Å². The summed E-state index contributed by atoms with van der Waals surface area (Å²) in [6.07, 6.45) is 4.02. The number of amides is 1. The molecule has 4 heteroatoms. The zero-order chi connectivity index (χ0) is 13.3. The van der Waals surface area contributed by atoms with Crippen LogP contribution >= 0.6 is 0 Å². The average Bonchev–Trinajstić information content (AvgIpc) is 3.05. The number of benzene rings is 1. The Morgan fingerprint density at radius 2 is 2.32 bits per heavy atom. The van der Waals surface area contributed by atoms with Gasteiger partial charge < -0.3 is 10.5 Å². The molecule has 1 aromatic carbocycles. The van der Waals surface area contributed by atoms with Gasteiger partial charge in [0.2, 0.25) is 5.91 Å². The summed E-state index contributed by atoms with van der Waals surface area (Å²) < 4.78 is 5.61. The van der Waals surface area contributed by atoms with Gasteiger partial charge in [-0.15, -0.1) is 0 Å². The molecule has 0 bridgehead atoms. The molecule has 19 heavy (non-hydrogen) atoms. The van der Waals surface area contributed by atoms with Gasteiger partial charge in [0.1, 0.15) is 5.54 Å². The van der Waals surface area contributed by atoms with Crippen LogP contribution < -0.4 is 11.1 Å². The number of carbonyl (C=O) groups is 1. The van der Waals surface area contributed by atoms with Crippen molar-refractivity contribution in [3.05, 3.63) is 35.4 Å². The number of nitrogens with two attached hydrogens (primary N) is 1. The second-order valence-corrected chi connectivity index (χ2v) is 5.44. The molecule has 0 aromatic heterocycles. The molecule has 102 valence electrons. The van der Waals surface area contributed by atoms with E-state index < -0.39 is 5.54 Å². The second kappa shape index (κ2) is 4.94. The third-order valence-corrected chi connectivity index (χ3v) is 4.32. The number of rotatable bonds is 4. The van der Waals surface area contributed by atoms with Crippen LogP contribution in [0, 0.1) is 0 Å². The molecule has 0 saturated carbocycles. The SMILES string of the molecule is NC(=O)C1(NCC2CCCO2)CCc2ccccc21. The standard InChI is InChI=1S/C15H20N2O2/c16-14(18)15(17-10-12-5-3-9-19-12)8-7-11-4-1-2-6-13(11)15/h1-2,4,6,12,17H,3,5,7-10H2,(H2,16,18). The summed E-state index contributed by atoms with van der Waals surface area (Å²) in [5.74, 6) is -0.282. The van der Waals surface area contributed by atoms with Crippen LogP contribution in [0.2, 0.25) is 0 Å². The molecule has 2 unspecified atom stereocenters. The van der Waals surface area contributed by atoms with Crippen molar-refractivity contribution in [2.24, 2.45) is 5.73 Å². The van der Waals surface area contributed by atoms with Crippen LogP contribution in [0.1, 0.15) is 30.4 Å². The molecule has 1 amide bonds. The van der Waals surface area contributed by atoms with Crippen LogP contribution in [0.25, 0.3) is 0 Å². The lowest BCUT2D eigenvalue weighted by atomic mass is 9.90. The number of hydrogen-bond donors (Lipinski definition) is 2. The lowest BCUT2D eigenvalue weighted by molar-refractivity contribution is -0.125. The molecule has 2 atom stereocenters. The summed E-state index contributed by atoms with van der Waals surface area (Å²) in [5, 5.41) is 3.39. The van der Waals surface area contributed by atoms with Crippen LogP contribution in [-0.2, 0) is 21.5 Å². The predicted octanol–water partition coefficient (Wildman–Crippen LogP) is 1.08. The highest BCUT2D eigenvalue weighted by Gasteiger charge is 2.43. The molecule has 1 fully saturated rings. The first-order valence-electron chi connectivity index (χ1n) is 6.97. The highest BCUT2D eigenvalue weighted by molar-refractivity contribution is 5.87. The molecule has 0 radical (unpaired) electrons. The molecular formula is C15H20N2O2. The average molecular weight is 260 g/mol. The lowest BCUT2D eigenvalue weighted by Crippen LogP contribution is -2.53. The molecule has 1 saturated heterocycles. The van der Waals surface area contributed by atoms with Crippen LogP contribution in [0.4, 0.5) is 0 Å². The third-order valence-electron chi connectivity index (χ3n) is 4.32. The maximum Gasteiger partial charge on any atom is 0.242 e. The Morgan fingerprint density at radius 3 is 3.05 bits per heavy atom. The topological polar surface area (TPSA) is 64.4 Å². The van der Waals surface area contributed by atoms with E-state index in [0.29, 0.717) is 6.54 Å². The normalized spacial score (nSPS) is 29.4. The third kappa shape index (κ3) is 2.15. The van der Waals surface area contributed by atoms with Gasteiger partial charge in [-0.1, -0.05) is 24.3 Å². The molecule has 1 aromatic rings. The van der Waals surface area contributed by atoms with E-state index in [2.05, 4.69) is 11.4 Å². The number of nitrogens with one attached hydrogen (secondary N) is 1. The fourth-order valence-electron chi connectivity index (χ4n) is 3.23. The quantitative estimate of drug-likeness (QED) is 0.851. The Bertz CT molecular complexity index is 483. The van der Waals surface area contributed by atoms with Crippen molar-refractivity contribution in [2.75, 3.05) is 13.2 Å². The fourth-order valence-corrected chi connectivity index (χ4v) is 3.23. The smallest absolute Gasteiger partial charge is 0.242 e. The molecule has 2 aliphatic rings. The van der Waals surface area contributed by atoms with Crippen molar-refractivity contribution in [3.63, 3.8) is 0 Å². The van der Waals surface area contributed by atoms with Gasteiger partial charge in [0.05, 0.1) is 6.10 Å². The van der Waals surface area contributed by atoms with Crippen molar-refractivity contribution in [3.8, 4) is 0 Å². The number of fused-ring (bicyclic) bond motifs is 1. The van der Waals surface area contributed by atoms with Gasteiger partial charge in [-0.05, 0) is 36.8 Å². The summed E-state index contributed by atoms with van der Waals surface area (Å²) in [6.45, 7) is 1.52. The Kier molecular flexibility index (Phi) is 3.29. The second-order valence-electron chi connectivity index (χ2n) is 5.44. The molecule has 1 aliphatic carbocycles. The van der Waals surface area contributed by atoms with E-state index in [1.165, 1.54) is 5.56 Å². The van der Waals surface area contributed by atoms with E-state index in [-0.39, 0.29) is 12.0 Å². The van der Waals surface area contributed by atoms with Gasteiger partial charge in [0, 0.05) is 13.2 Å². The fraction of sp³-hybridized carbons (Fsp3) is 0.533. The molecule has 4 nitrogen and oxygen atoms in total. The largest absolute Gasteiger partial charge is 0.377 e. The van der Waals surface area contributed by atoms with Crippen molar-refractivity contribution >= 4 is 5.91 Å². The predicted molar refractivity (Wildman–Crippen MR) is 72.6 cm³/mol. The summed E-state index contributed by atoms with van der Waals surface area (Å²) in [6, 6.07) is 8.06. The number of ether oxygens (including phenoxy) is 1. The molecule has 0 spiro atoms. The first kappa shape index (κ1) is 12.6. The zero-order valence-corrected chi connectivity index (χ0v) is 11.0. The van der Waals surface area contributed by atoms with Crippen molar-refractivity contribution in [1.82, 2.24) is 5.32 Å². The van der Waals surface area contributed by atoms with Gasteiger partial charge in [-0.2, -0.15) is 0 Å². The highest BCUT2D eigenvalue weighted by atomic mass is 16.5. The van der Waals surface area contributed by atoms with Crippen LogP contribution in [0.3, 0.4) is 0 Å². The zero-order valence-electron chi connectivity index (χ0n) is 11.0. The van der Waals surface area contributed by atoms with Crippen molar-refractivity contribution in [2.45, 2.75) is 37.3 Å². The monoisotopic (exact) mass is 260 g/mol. The first-order chi connectivity index (χ1) is 9.22. The number of aryl methyl sites for hydroxylation is 1. The molecule has 1 aliphatic heterocycles. The van der Waals surface area contributed by atoms with E-state index in [4.69, 9.17) is 10.5 Å². The molecular weight excluding hydrogens is 240 g/mol. The summed E-state index contributed by atoms with van der Waals surface area (Å²) in [5.41, 5.74) is 7.25. The van der Waals surface area contributed by atoms with Crippen LogP contribution in [-0.4, -0.2) is 25.2 Å². The first-order valence-corrected chi connectivity index (χ1v) is 6.97. The Morgan fingerprint density at radius 1 is 1.47 bits per heavy atom. The Balaban J connectivity index is 1.82. The van der Waals surface area contributed by atoms with Gasteiger partial charge in [-0.25, -0.2) is 0 Å². The maximum absolute atomic E-state index is 12.0. The molecule has 3 rings (SSSR count). The lowest BCUT2D eigenvalue weighted by Gasteiger charge is -2.29.